The van der Waals surface area contributed by atoms with Gasteiger partial charge in [0.05, 0.1) is 0 Å². The van der Waals surface area contributed by atoms with Gasteiger partial charge in [0, 0.05) is 17.6 Å². The van der Waals surface area contributed by atoms with Gasteiger partial charge in [0.2, 0.25) is 0 Å². The highest BCUT2D eigenvalue weighted by atomic mass is 16.5. The molecule has 0 unspecified atom stereocenters. The SMILES string of the molecule is Cc1cccc(CNC(C)(C)C)c1OCC#N. The van der Waals surface area contributed by atoms with Gasteiger partial charge in [-0.2, -0.15) is 5.26 Å². The van der Waals surface area contributed by atoms with E-state index in [2.05, 4.69) is 26.1 Å². The molecule has 0 atom stereocenters. The van der Waals surface area contributed by atoms with Crippen LogP contribution >= 0.6 is 0 Å². The molecular weight excluding hydrogens is 212 g/mol. The van der Waals surface area contributed by atoms with Crippen molar-refractivity contribution in [2.24, 2.45) is 0 Å². The van der Waals surface area contributed by atoms with E-state index in [1.807, 2.05) is 31.2 Å². The lowest BCUT2D eigenvalue weighted by Gasteiger charge is -2.22. The summed E-state index contributed by atoms with van der Waals surface area (Å²) in [6.45, 7) is 9.20. The Bertz CT molecular complexity index is 413. The lowest BCUT2D eigenvalue weighted by atomic mass is 10.1. The van der Waals surface area contributed by atoms with E-state index in [1.54, 1.807) is 0 Å². The van der Waals surface area contributed by atoms with Crippen molar-refractivity contribution < 1.29 is 4.74 Å². The maximum absolute atomic E-state index is 8.58. The molecule has 0 aromatic heterocycles. The number of nitrogens with one attached hydrogen (secondary N) is 1. The topological polar surface area (TPSA) is 45.0 Å². The van der Waals surface area contributed by atoms with Crippen LogP contribution in [0.5, 0.6) is 5.75 Å². The van der Waals surface area contributed by atoms with Crippen LogP contribution in [0.1, 0.15) is 31.9 Å². The van der Waals surface area contributed by atoms with Gasteiger partial charge in [0.15, 0.2) is 6.61 Å². The molecule has 0 saturated carbocycles. The molecule has 0 fully saturated rings. The van der Waals surface area contributed by atoms with E-state index < -0.39 is 0 Å². The van der Waals surface area contributed by atoms with E-state index >= 15 is 0 Å². The number of hydrogen-bond donors (Lipinski definition) is 1. The zero-order valence-corrected chi connectivity index (χ0v) is 11.0. The smallest absolute Gasteiger partial charge is 0.174 e. The van der Waals surface area contributed by atoms with Gasteiger partial charge in [0.1, 0.15) is 11.8 Å². The molecule has 1 rings (SSSR count). The van der Waals surface area contributed by atoms with E-state index in [0.29, 0.717) is 0 Å². The van der Waals surface area contributed by atoms with Gasteiger partial charge in [-0.1, -0.05) is 18.2 Å². The van der Waals surface area contributed by atoms with Gasteiger partial charge < -0.3 is 10.1 Å². The molecule has 3 nitrogen and oxygen atoms in total. The Morgan fingerprint density at radius 1 is 1.35 bits per heavy atom. The third-order valence-electron chi connectivity index (χ3n) is 2.38. The van der Waals surface area contributed by atoms with Crippen molar-refractivity contribution in [3.63, 3.8) is 0 Å². The highest BCUT2D eigenvalue weighted by Crippen LogP contribution is 2.23. The Balaban J connectivity index is 2.83. The summed E-state index contributed by atoms with van der Waals surface area (Å²) in [4.78, 5) is 0. The molecule has 92 valence electrons. The number of rotatable bonds is 4. The van der Waals surface area contributed by atoms with Crippen molar-refractivity contribution in [2.75, 3.05) is 6.61 Å². The summed E-state index contributed by atoms with van der Waals surface area (Å²) in [5, 5.41) is 12.0. The predicted molar refractivity (Wildman–Crippen MR) is 68.9 cm³/mol. The Morgan fingerprint density at radius 3 is 2.65 bits per heavy atom. The van der Waals surface area contributed by atoms with Gasteiger partial charge >= 0.3 is 0 Å². The number of para-hydroxylation sites is 1. The molecule has 0 heterocycles. The fraction of sp³-hybridized carbons (Fsp3) is 0.500. The van der Waals surface area contributed by atoms with Crippen LogP contribution < -0.4 is 10.1 Å². The standard InChI is InChI=1S/C14H20N2O/c1-11-6-5-7-12(10-16-14(2,3)4)13(11)17-9-8-15/h5-7,16H,9-10H2,1-4H3. The van der Waals surface area contributed by atoms with Crippen molar-refractivity contribution >= 4 is 0 Å². The first-order chi connectivity index (χ1) is 7.94. The number of aryl methyl sites for hydroxylation is 1. The highest BCUT2D eigenvalue weighted by Gasteiger charge is 2.12. The number of ether oxygens (including phenoxy) is 1. The van der Waals surface area contributed by atoms with Crippen LogP contribution in [0.2, 0.25) is 0 Å². The van der Waals surface area contributed by atoms with Crippen molar-refractivity contribution in [3.8, 4) is 11.8 Å². The molecule has 1 aromatic rings. The molecule has 0 aliphatic carbocycles. The van der Waals surface area contributed by atoms with Crippen molar-refractivity contribution in [1.82, 2.24) is 5.32 Å². The van der Waals surface area contributed by atoms with Crippen molar-refractivity contribution in [1.29, 1.82) is 5.26 Å². The average Bonchev–Trinajstić information content (AvgIpc) is 2.24. The number of hydrogen-bond acceptors (Lipinski definition) is 3. The van der Waals surface area contributed by atoms with E-state index in [9.17, 15) is 0 Å². The first-order valence-corrected chi connectivity index (χ1v) is 5.77. The van der Waals surface area contributed by atoms with Gasteiger partial charge in [-0.05, 0) is 33.3 Å². The summed E-state index contributed by atoms with van der Waals surface area (Å²) in [6, 6.07) is 8.03. The lowest BCUT2D eigenvalue weighted by Crippen LogP contribution is -2.35. The van der Waals surface area contributed by atoms with Crippen LogP contribution in [0.25, 0.3) is 0 Å². The lowest BCUT2D eigenvalue weighted by molar-refractivity contribution is 0.354. The van der Waals surface area contributed by atoms with Gasteiger partial charge in [-0.3, -0.25) is 0 Å². The molecule has 0 spiro atoms. The molecule has 0 aliphatic heterocycles. The number of nitrogens with zero attached hydrogens (tertiary/aromatic N) is 1. The maximum Gasteiger partial charge on any atom is 0.174 e. The van der Waals surface area contributed by atoms with Crippen LogP contribution in [-0.2, 0) is 6.54 Å². The molecule has 0 aliphatic rings. The Morgan fingerprint density at radius 2 is 2.06 bits per heavy atom. The fourth-order valence-corrected chi connectivity index (χ4v) is 1.52. The summed E-state index contributed by atoms with van der Waals surface area (Å²) >= 11 is 0. The molecule has 0 radical (unpaired) electrons. The van der Waals surface area contributed by atoms with Gasteiger partial charge in [-0.25, -0.2) is 0 Å². The average molecular weight is 232 g/mol. The molecule has 17 heavy (non-hydrogen) atoms. The first-order valence-electron chi connectivity index (χ1n) is 5.77. The Kier molecular flexibility index (Phi) is 4.53. The summed E-state index contributed by atoms with van der Waals surface area (Å²) in [7, 11) is 0. The molecule has 3 heteroatoms. The van der Waals surface area contributed by atoms with E-state index in [4.69, 9.17) is 10.00 Å². The second-order valence-electron chi connectivity index (χ2n) is 5.11. The minimum atomic E-state index is 0.0657. The second-order valence-corrected chi connectivity index (χ2v) is 5.11. The van der Waals surface area contributed by atoms with Crippen LogP contribution in [0.3, 0.4) is 0 Å². The van der Waals surface area contributed by atoms with Gasteiger partial charge in [0.25, 0.3) is 0 Å². The number of nitriles is 1. The third kappa shape index (κ3) is 4.46. The maximum atomic E-state index is 8.58. The van der Waals surface area contributed by atoms with Crippen LogP contribution in [0, 0.1) is 18.3 Å². The summed E-state index contributed by atoms with van der Waals surface area (Å²) in [5.74, 6) is 0.825. The zero-order valence-electron chi connectivity index (χ0n) is 11.0. The van der Waals surface area contributed by atoms with E-state index in [1.165, 1.54) is 0 Å². The molecule has 0 bridgehead atoms. The van der Waals surface area contributed by atoms with Crippen LogP contribution in [0.4, 0.5) is 0 Å². The van der Waals surface area contributed by atoms with Gasteiger partial charge in [-0.15, -0.1) is 0 Å². The van der Waals surface area contributed by atoms with Crippen molar-refractivity contribution in [3.05, 3.63) is 29.3 Å². The molecule has 1 N–H and O–H groups in total. The summed E-state index contributed by atoms with van der Waals surface area (Å²) in [6.07, 6.45) is 0. The molecular formula is C14H20N2O. The minimum absolute atomic E-state index is 0.0657. The second kappa shape index (κ2) is 5.70. The molecule has 0 saturated heterocycles. The van der Waals surface area contributed by atoms with Crippen molar-refractivity contribution in [2.45, 2.75) is 39.8 Å². The summed E-state index contributed by atoms with van der Waals surface area (Å²) in [5.41, 5.74) is 2.22. The predicted octanol–water partition coefficient (Wildman–Crippen LogP) is 2.79. The quantitative estimate of drug-likeness (QED) is 0.868. The van der Waals surface area contributed by atoms with E-state index in [0.717, 1.165) is 23.4 Å². The Labute approximate surface area is 103 Å². The highest BCUT2D eigenvalue weighted by molar-refractivity contribution is 5.40. The van der Waals surface area contributed by atoms with Crippen LogP contribution in [0.15, 0.2) is 18.2 Å². The molecule has 0 amide bonds. The Hall–Kier alpha value is -1.53. The largest absolute Gasteiger partial charge is 0.478 e. The normalized spacial score (nSPS) is 11.0. The molecule has 1 aromatic carbocycles. The summed E-state index contributed by atoms with van der Waals surface area (Å²) < 4.78 is 5.48. The zero-order chi connectivity index (χ0) is 12.9. The van der Waals surface area contributed by atoms with Crippen LogP contribution in [-0.4, -0.2) is 12.1 Å². The first kappa shape index (κ1) is 13.5. The monoisotopic (exact) mass is 232 g/mol. The number of benzene rings is 1. The minimum Gasteiger partial charge on any atom is -0.478 e. The van der Waals surface area contributed by atoms with E-state index in [-0.39, 0.29) is 12.1 Å². The third-order valence-corrected chi connectivity index (χ3v) is 2.38. The fourth-order valence-electron chi connectivity index (χ4n) is 1.52.